The van der Waals surface area contributed by atoms with Crippen molar-refractivity contribution >= 4 is 27.5 Å². The summed E-state index contributed by atoms with van der Waals surface area (Å²) in [6.45, 7) is 3.46. The fraction of sp³-hybridized carbons (Fsp3) is 0.571. The Hall–Kier alpha value is -0.0900. The molecule has 0 aliphatic heterocycles. The number of alkyl halides is 1. The van der Waals surface area contributed by atoms with Crippen LogP contribution in [0.2, 0.25) is 0 Å². The first-order chi connectivity index (χ1) is 8.70. The Morgan fingerprint density at radius 2 is 2.22 bits per heavy atom. The van der Waals surface area contributed by atoms with Gasteiger partial charge in [-0.15, -0.1) is 11.6 Å². The van der Waals surface area contributed by atoms with Crippen molar-refractivity contribution in [1.82, 2.24) is 0 Å². The topological polar surface area (TPSA) is 18.5 Å². The van der Waals surface area contributed by atoms with Gasteiger partial charge < -0.3 is 9.47 Å². The minimum absolute atomic E-state index is 0.0544. The van der Waals surface area contributed by atoms with E-state index in [0.717, 1.165) is 29.5 Å². The third-order valence-corrected chi connectivity index (χ3v) is 3.97. The van der Waals surface area contributed by atoms with E-state index in [2.05, 4.69) is 35.0 Å². The zero-order chi connectivity index (χ0) is 13.0. The van der Waals surface area contributed by atoms with Crippen molar-refractivity contribution in [3.05, 3.63) is 34.3 Å². The quantitative estimate of drug-likeness (QED) is 0.728. The standard InChI is InChI=1S/C14H18BrClO2/c1-2-6-17-14-12(16)8-13(14)18-9-10-4-3-5-11(15)7-10/h3-5,7,12-14H,2,6,8-9H2,1H3. The van der Waals surface area contributed by atoms with Gasteiger partial charge in [-0.25, -0.2) is 0 Å². The molecule has 0 amide bonds. The van der Waals surface area contributed by atoms with Crippen molar-refractivity contribution in [2.24, 2.45) is 0 Å². The summed E-state index contributed by atoms with van der Waals surface area (Å²) >= 11 is 9.59. The second kappa shape index (κ2) is 6.90. The second-order valence-electron chi connectivity index (χ2n) is 4.57. The maximum atomic E-state index is 6.14. The molecule has 4 heteroatoms. The lowest BCUT2D eigenvalue weighted by Gasteiger charge is -2.40. The zero-order valence-corrected chi connectivity index (χ0v) is 12.8. The van der Waals surface area contributed by atoms with Crippen LogP contribution in [0.5, 0.6) is 0 Å². The summed E-state index contributed by atoms with van der Waals surface area (Å²) in [5, 5.41) is 0.101. The minimum atomic E-state index is 0.0544. The van der Waals surface area contributed by atoms with Crippen LogP contribution in [-0.2, 0) is 16.1 Å². The summed E-state index contributed by atoms with van der Waals surface area (Å²) in [4.78, 5) is 0. The van der Waals surface area contributed by atoms with Gasteiger partial charge in [0.25, 0.3) is 0 Å². The van der Waals surface area contributed by atoms with Crippen LogP contribution < -0.4 is 0 Å². The normalized spacial score (nSPS) is 26.9. The van der Waals surface area contributed by atoms with Crippen molar-refractivity contribution in [1.29, 1.82) is 0 Å². The molecule has 0 radical (unpaired) electrons. The van der Waals surface area contributed by atoms with E-state index in [-0.39, 0.29) is 17.6 Å². The lowest BCUT2D eigenvalue weighted by Crippen LogP contribution is -2.51. The molecule has 1 aromatic rings. The van der Waals surface area contributed by atoms with E-state index in [0.29, 0.717) is 6.61 Å². The number of benzene rings is 1. The molecule has 2 nitrogen and oxygen atoms in total. The summed E-state index contributed by atoms with van der Waals surface area (Å²) in [5.41, 5.74) is 1.16. The molecular weight excluding hydrogens is 316 g/mol. The third-order valence-electron chi connectivity index (χ3n) is 3.05. The van der Waals surface area contributed by atoms with Gasteiger partial charge in [0, 0.05) is 11.1 Å². The molecule has 0 bridgehead atoms. The van der Waals surface area contributed by atoms with E-state index in [1.54, 1.807) is 0 Å². The maximum absolute atomic E-state index is 6.14. The third kappa shape index (κ3) is 3.70. The molecular formula is C14H18BrClO2. The van der Waals surface area contributed by atoms with Crippen LogP contribution in [0.15, 0.2) is 28.7 Å². The van der Waals surface area contributed by atoms with Gasteiger partial charge in [-0.05, 0) is 30.5 Å². The fourth-order valence-electron chi connectivity index (χ4n) is 1.99. The number of hydrogen-bond donors (Lipinski definition) is 0. The number of rotatable bonds is 6. The van der Waals surface area contributed by atoms with Gasteiger partial charge in [-0.1, -0.05) is 35.0 Å². The smallest absolute Gasteiger partial charge is 0.100 e. The molecule has 1 aliphatic rings. The van der Waals surface area contributed by atoms with Crippen LogP contribution in [0.4, 0.5) is 0 Å². The lowest BCUT2D eigenvalue weighted by molar-refractivity contribution is -0.129. The Bertz CT molecular complexity index is 386. The molecule has 0 spiro atoms. The predicted octanol–water partition coefficient (Wildman–Crippen LogP) is 4.14. The van der Waals surface area contributed by atoms with Crippen molar-refractivity contribution in [3.63, 3.8) is 0 Å². The molecule has 0 saturated heterocycles. The van der Waals surface area contributed by atoms with Gasteiger partial charge in [0.05, 0.1) is 18.1 Å². The number of hydrogen-bond acceptors (Lipinski definition) is 2. The minimum Gasteiger partial charge on any atom is -0.374 e. The molecule has 0 aromatic heterocycles. The van der Waals surface area contributed by atoms with E-state index in [1.165, 1.54) is 0 Å². The van der Waals surface area contributed by atoms with E-state index in [4.69, 9.17) is 21.1 Å². The summed E-state index contributed by atoms with van der Waals surface area (Å²) in [6.07, 6.45) is 2.08. The maximum Gasteiger partial charge on any atom is 0.100 e. The van der Waals surface area contributed by atoms with Crippen molar-refractivity contribution in [2.45, 2.75) is 44.0 Å². The molecule has 1 aromatic carbocycles. The Morgan fingerprint density at radius 3 is 2.89 bits per heavy atom. The van der Waals surface area contributed by atoms with Crippen LogP contribution in [0.25, 0.3) is 0 Å². The predicted molar refractivity (Wildman–Crippen MR) is 77.0 cm³/mol. The molecule has 18 heavy (non-hydrogen) atoms. The average molecular weight is 334 g/mol. The highest BCUT2D eigenvalue weighted by Gasteiger charge is 2.41. The van der Waals surface area contributed by atoms with Gasteiger partial charge in [0.1, 0.15) is 6.10 Å². The van der Waals surface area contributed by atoms with Gasteiger partial charge in [-0.2, -0.15) is 0 Å². The SMILES string of the molecule is CCCOC1C(Cl)CC1OCc1cccc(Br)c1. The highest BCUT2D eigenvalue weighted by atomic mass is 79.9. The fourth-order valence-corrected chi connectivity index (χ4v) is 2.84. The van der Waals surface area contributed by atoms with Crippen LogP contribution >= 0.6 is 27.5 Å². The zero-order valence-electron chi connectivity index (χ0n) is 10.4. The van der Waals surface area contributed by atoms with E-state index in [9.17, 15) is 0 Å². The summed E-state index contributed by atoms with van der Waals surface area (Å²) < 4.78 is 12.6. The largest absolute Gasteiger partial charge is 0.374 e. The molecule has 3 atom stereocenters. The first kappa shape index (κ1) is 14.3. The summed E-state index contributed by atoms with van der Waals surface area (Å²) in [5.74, 6) is 0. The molecule has 2 rings (SSSR count). The number of ether oxygens (including phenoxy) is 2. The molecule has 1 saturated carbocycles. The van der Waals surface area contributed by atoms with E-state index in [1.807, 2.05) is 12.1 Å². The van der Waals surface area contributed by atoms with Gasteiger partial charge >= 0.3 is 0 Å². The highest BCUT2D eigenvalue weighted by molar-refractivity contribution is 9.10. The molecule has 0 N–H and O–H groups in total. The monoisotopic (exact) mass is 332 g/mol. The first-order valence-electron chi connectivity index (χ1n) is 6.32. The lowest BCUT2D eigenvalue weighted by atomic mass is 9.91. The Balaban J connectivity index is 1.80. The van der Waals surface area contributed by atoms with Gasteiger partial charge in [0.2, 0.25) is 0 Å². The molecule has 100 valence electrons. The van der Waals surface area contributed by atoms with Crippen LogP contribution in [0.1, 0.15) is 25.3 Å². The van der Waals surface area contributed by atoms with E-state index < -0.39 is 0 Å². The first-order valence-corrected chi connectivity index (χ1v) is 7.55. The van der Waals surface area contributed by atoms with Crippen LogP contribution in [0.3, 0.4) is 0 Å². The average Bonchev–Trinajstić information content (AvgIpc) is 2.34. The van der Waals surface area contributed by atoms with Gasteiger partial charge in [0.15, 0.2) is 0 Å². The Kier molecular flexibility index (Phi) is 5.49. The second-order valence-corrected chi connectivity index (χ2v) is 6.04. The summed E-state index contributed by atoms with van der Waals surface area (Å²) in [6, 6.07) is 8.15. The molecule has 1 aliphatic carbocycles. The molecule has 1 fully saturated rings. The van der Waals surface area contributed by atoms with Crippen LogP contribution in [0, 0.1) is 0 Å². The Morgan fingerprint density at radius 1 is 1.39 bits per heavy atom. The van der Waals surface area contributed by atoms with Crippen molar-refractivity contribution in [2.75, 3.05) is 6.61 Å². The highest BCUT2D eigenvalue weighted by Crippen LogP contribution is 2.32. The summed E-state index contributed by atoms with van der Waals surface area (Å²) in [7, 11) is 0. The molecule has 3 unspecified atom stereocenters. The molecule has 0 heterocycles. The van der Waals surface area contributed by atoms with Crippen molar-refractivity contribution in [3.8, 4) is 0 Å². The van der Waals surface area contributed by atoms with E-state index >= 15 is 0 Å². The number of halogens is 2. The van der Waals surface area contributed by atoms with Crippen LogP contribution in [-0.4, -0.2) is 24.2 Å². The van der Waals surface area contributed by atoms with Crippen molar-refractivity contribution < 1.29 is 9.47 Å². The Labute approximate surface area is 122 Å². The van der Waals surface area contributed by atoms with Gasteiger partial charge in [-0.3, -0.25) is 0 Å².